The van der Waals surface area contributed by atoms with E-state index in [-0.39, 0.29) is 22.9 Å². The van der Waals surface area contributed by atoms with Crippen LogP contribution in [0, 0.1) is 0 Å². The molecule has 192 valence electrons. The number of nitrogens with zero attached hydrogens (tertiary/aromatic N) is 2. The van der Waals surface area contributed by atoms with Crippen molar-refractivity contribution >= 4 is 53.5 Å². The van der Waals surface area contributed by atoms with Gasteiger partial charge in [0.25, 0.3) is 0 Å². The molecule has 0 saturated carbocycles. The largest absolute Gasteiger partial charge is 0.351 e. The van der Waals surface area contributed by atoms with Crippen LogP contribution in [-0.2, 0) is 37.9 Å². The van der Waals surface area contributed by atoms with Crippen molar-refractivity contribution in [3.05, 3.63) is 93.4 Å². The Kier molecular flexibility index (Phi) is 9.31. The smallest absolute Gasteiger partial charge is 0.243 e. The minimum Gasteiger partial charge on any atom is -0.351 e. The number of hydrogen-bond donors (Lipinski definition) is 1. The maximum Gasteiger partial charge on any atom is 0.243 e. The van der Waals surface area contributed by atoms with Crippen LogP contribution in [0.4, 0.5) is 0 Å². The molecule has 0 aliphatic carbocycles. The highest BCUT2D eigenvalue weighted by molar-refractivity contribution is 9.10. The number of carbonyl (C=O) groups is 1. The molecule has 0 saturated heterocycles. The average Bonchev–Trinajstić information content (AvgIpc) is 2.84. The fraction of sp³-hybridized carbons (Fsp3) is 0.208. The third-order valence-electron chi connectivity index (χ3n) is 5.24. The Labute approximate surface area is 225 Å². The fourth-order valence-corrected chi connectivity index (χ4v) is 5.86. The number of nitrogens with one attached hydrogen (secondary N) is 1. The van der Waals surface area contributed by atoms with E-state index in [9.17, 15) is 21.6 Å². The maximum absolute atomic E-state index is 13.4. The van der Waals surface area contributed by atoms with E-state index in [1.807, 2.05) is 0 Å². The predicted octanol–water partition coefficient (Wildman–Crippen LogP) is 3.86. The van der Waals surface area contributed by atoms with E-state index in [0.717, 1.165) is 13.1 Å². The zero-order valence-electron chi connectivity index (χ0n) is 19.6. The standard InChI is InChI=1S/C24H25BrClN3O5S2/c1-28(2)35(31,32)22-11-5-18(6-12-22)15-27-24(30)17-29(16-19-3-9-21(26)10-4-19)36(33,34)23-13-7-20(25)8-14-23/h3-14H,15-17H2,1-2H3,(H,27,30). The van der Waals surface area contributed by atoms with Crippen LogP contribution in [0.25, 0.3) is 0 Å². The second-order valence-corrected chi connectivity index (χ2v) is 13.5. The molecule has 0 atom stereocenters. The highest BCUT2D eigenvalue weighted by atomic mass is 79.9. The summed E-state index contributed by atoms with van der Waals surface area (Å²) in [5.74, 6) is -0.505. The van der Waals surface area contributed by atoms with Gasteiger partial charge in [-0.05, 0) is 59.7 Å². The number of carbonyl (C=O) groups excluding carboxylic acids is 1. The SMILES string of the molecule is CN(C)S(=O)(=O)c1ccc(CNC(=O)CN(Cc2ccc(Cl)cc2)S(=O)(=O)c2ccc(Br)cc2)cc1. The van der Waals surface area contributed by atoms with Crippen LogP contribution in [0.15, 0.2) is 87.1 Å². The summed E-state index contributed by atoms with van der Waals surface area (Å²) >= 11 is 9.24. The van der Waals surface area contributed by atoms with Gasteiger partial charge in [-0.3, -0.25) is 4.79 Å². The number of rotatable bonds is 10. The molecule has 12 heteroatoms. The lowest BCUT2D eigenvalue weighted by Crippen LogP contribution is -2.40. The van der Waals surface area contributed by atoms with Crippen molar-refractivity contribution in [3.8, 4) is 0 Å². The molecule has 8 nitrogen and oxygen atoms in total. The molecule has 0 unspecified atom stereocenters. The molecule has 0 aromatic heterocycles. The van der Waals surface area contributed by atoms with Gasteiger partial charge in [-0.1, -0.05) is 51.8 Å². The van der Waals surface area contributed by atoms with E-state index in [1.165, 1.54) is 38.4 Å². The van der Waals surface area contributed by atoms with E-state index in [0.29, 0.717) is 16.1 Å². The van der Waals surface area contributed by atoms with Crippen molar-refractivity contribution in [1.29, 1.82) is 0 Å². The van der Waals surface area contributed by atoms with Crippen molar-refractivity contribution in [1.82, 2.24) is 13.9 Å². The Morgan fingerprint density at radius 1 is 0.806 bits per heavy atom. The lowest BCUT2D eigenvalue weighted by molar-refractivity contribution is -0.121. The Hall–Kier alpha value is -2.28. The van der Waals surface area contributed by atoms with E-state index >= 15 is 0 Å². The fourth-order valence-electron chi connectivity index (χ4n) is 3.18. The molecule has 0 fully saturated rings. The summed E-state index contributed by atoms with van der Waals surface area (Å²) in [6, 6.07) is 19.0. The number of amides is 1. The topological polar surface area (TPSA) is 104 Å². The molecule has 0 spiro atoms. The van der Waals surface area contributed by atoms with E-state index in [2.05, 4.69) is 21.2 Å². The van der Waals surface area contributed by atoms with Crippen molar-refractivity contribution in [2.45, 2.75) is 22.9 Å². The first-order chi connectivity index (χ1) is 16.9. The molecule has 0 aliphatic heterocycles. The first kappa shape index (κ1) is 28.3. The van der Waals surface area contributed by atoms with Gasteiger partial charge >= 0.3 is 0 Å². The predicted molar refractivity (Wildman–Crippen MR) is 142 cm³/mol. The number of halogens is 2. The Bertz CT molecular complexity index is 1410. The molecular weight excluding hydrogens is 590 g/mol. The molecular formula is C24H25BrClN3O5S2. The minimum absolute atomic E-state index is 0.0277. The van der Waals surface area contributed by atoms with Gasteiger partial charge in [-0.15, -0.1) is 0 Å². The molecule has 3 aromatic rings. The lowest BCUT2D eigenvalue weighted by atomic mass is 10.2. The summed E-state index contributed by atoms with van der Waals surface area (Å²) in [6.45, 7) is -0.331. The number of sulfonamides is 2. The highest BCUT2D eigenvalue weighted by Crippen LogP contribution is 2.21. The summed E-state index contributed by atoms with van der Waals surface area (Å²) in [7, 11) is -4.65. The third kappa shape index (κ3) is 7.15. The summed E-state index contributed by atoms with van der Waals surface area (Å²) in [6.07, 6.45) is 0. The van der Waals surface area contributed by atoms with Crippen LogP contribution in [0.1, 0.15) is 11.1 Å². The van der Waals surface area contributed by atoms with Crippen molar-refractivity contribution in [2.75, 3.05) is 20.6 Å². The van der Waals surface area contributed by atoms with Gasteiger partial charge in [0.2, 0.25) is 26.0 Å². The quantitative estimate of drug-likeness (QED) is 0.374. The highest BCUT2D eigenvalue weighted by Gasteiger charge is 2.27. The van der Waals surface area contributed by atoms with Crippen LogP contribution in [0.3, 0.4) is 0 Å². The molecule has 36 heavy (non-hydrogen) atoms. The van der Waals surface area contributed by atoms with Gasteiger partial charge < -0.3 is 5.32 Å². The van der Waals surface area contributed by atoms with Crippen molar-refractivity contribution < 1.29 is 21.6 Å². The first-order valence-electron chi connectivity index (χ1n) is 10.7. The zero-order chi connectivity index (χ0) is 26.5. The Morgan fingerprint density at radius 2 is 1.31 bits per heavy atom. The van der Waals surface area contributed by atoms with Crippen LogP contribution < -0.4 is 5.32 Å². The van der Waals surface area contributed by atoms with Crippen molar-refractivity contribution in [3.63, 3.8) is 0 Å². The molecule has 0 bridgehead atoms. The zero-order valence-corrected chi connectivity index (χ0v) is 23.5. The Balaban J connectivity index is 1.75. The maximum atomic E-state index is 13.4. The summed E-state index contributed by atoms with van der Waals surface area (Å²) in [4.78, 5) is 13.0. The van der Waals surface area contributed by atoms with Gasteiger partial charge in [0.15, 0.2) is 0 Å². The van der Waals surface area contributed by atoms with Crippen LogP contribution >= 0.6 is 27.5 Å². The van der Waals surface area contributed by atoms with Gasteiger partial charge in [0.1, 0.15) is 0 Å². The Morgan fingerprint density at radius 3 is 1.86 bits per heavy atom. The molecule has 3 aromatic carbocycles. The van der Waals surface area contributed by atoms with E-state index in [4.69, 9.17) is 11.6 Å². The van der Waals surface area contributed by atoms with E-state index in [1.54, 1.807) is 48.5 Å². The van der Waals surface area contributed by atoms with Crippen LogP contribution in [0.2, 0.25) is 5.02 Å². The van der Waals surface area contributed by atoms with Gasteiger partial charge in [0, 0.05) is 36.7 Å². The third-order valence-corrected chi connectivity index (χ3v) is 9.65. The van der Waals surface area contributed by atoms with Gasteiger partial charge in [-0.2, -0.15) is 4.31 Å². The minimum atomic E-state index is -3.99. The van der Waals surface area contributed by atoms with Crippen LogP contribution in [0.5, 0.6) is 0 Å². The lowest BCUT2D eigenvalue weighted by Gasteiger charge is -2.22. The van der Waals surface area contributed by atoms with Crippen molar-refractivity contribution in [2.24, 2.45) is 0 Å². The monoisotopic (exact) mass is 613 g/mol. The molecule has 3 rings (SSSR count). The average molecular weight is 615 g/mol. The molecule has 1 N–H and O–H groups in total. The van der Waals surface area contributed by atoms with Crippen LogP contribution in [-0.4, -0.2) is 52.0 Å². The summed E-state index contributed by atoms with van der Waals surface area (Å²) < 4.78 is 54.1. The molecule has 0 heterocycles. The second kappa shape index (κ2) is 11.8. The molecule has 1 amide bonds. The molecule has 0 radical (unpaired) electrons. The number of hydrogen-bond acceptors (Lipinski definition) is 5. The van der Waals surface area contributed by atoms with Gasteiger partial charge in [-0.25, -0.2) is 21.1 Å². The normalized spacial score (nSPS) is 12.2. The second-order valence-electron chi connectivity index (χ2n) is 8.06. The van der Waals surface area contributed by atoms with E-state index < -0.39 is 32.5 Å². The van der Waals surface area contributed by atoms with Gasteiger partial charge in [0.05, 0.1) is 16.3 Å². The summed E-state index contributed by atoms with van der Waals surface area (Å²) in [5, 5.41) is 3.22. The molecule has 0 aliphatic rings. The summed E-state index contributed by atoms with van der Waals surface area (Å²) in [5.41, 5.74) is 1.34. The number of benzene rings is 3. The first-order valence-corrected chi connectivity index (χ1v) is 14.7.